The molecule has 0 amide bonds. The molecular formula is C64H54BN3S. The summed E-state index contributed by atoms with van der Waals surface area (Å²) in [6, 6.07) is 90.1. The Morgan fingerprint density at radius 2 is 0.841 bits per heavy atom. The first kappa shape index (κ1) is 42.6. The van der Waals surface area contributed by atoms with Crippen molar-refractivity contribution >= 4 is 78.6 Å². The average molecular weight is 908 g/mol. The van der Waals surface area contributed by atoms with Crippen LogP contribution in [0.25, 0.3) is 0 Å². The molecule has 9 aromatic rings. The molecule has 3 nitrogen and oxygen atoms in total. The van der Waals surface area contributed by atoms with Crippen LogP contribution in [0.5, 0.6) is 0 Å². The first-order chi connectivity index (χ1) is 34.2. The molecule has 0 saturated heterocycles. The summed E-state index contributed by atoms with van der Waals surface area (Å²) >= 11 is 0. The highest BCUT2D eigenvalue weighted by atomic mass is 32.3. The minimum Gasteiger partial charge on any atom is -0.332 e. The maximum atomic E-state index is 2.69. The normalized spacial score (nSPS) is 17.4. The van der Waals surface area contributed by atoms with Gasteiger partial charge in [0.15, 0.2) is 0 Å². The topological polar surface area (TPSA) is 9.72 Å². The molecule has 3 aliphatic carbocycles. The van der Waals surface area contributed by atoms with E-state index >= 15 is 0 Å². The molecule has 0 N–H and O–H groups in total. The van der Waals surface area contributed by atoms with Gasteiger partial charge in [0, 0.05) is 60.2 Å². The number of hydrogen-bond acceptors (Lipinski definition) is 3. The van der Waals surface area contributed by atoms with Gasteiger partial charge in [-0.1, -0.05) is 178 Å². The summed E-state index contributed by atoms with van der Waals surface area (Å²) in [4.78, 5) is 13.2. The fourth-order valence-electron chi connectivity index (χ4n) is 11.7. The Morgan fingerprint density at radius 3 is 1.29 bits per heavy atom. The lowest BCUT2D eigenvalue weighted by Crippen LogP contribution is -2.61. The second-order valence-corrected chi connectivity index (χ2v) is 21.3. The molecule has 0 aromatic heterocycles. The van der Waals surface area contributed by atoms with Gasteiger partial charge in [0.05, 0.1) is 5.54 Å². The fourth-order valence-corrected chi connectivity index (χ4v) is 15.7. The van der Waals surface area contributed by atoms with Crippen molar-refractivity contribution in [3.05, 3.63) is 266 Å². The lowest BCUT2D eigenvalue weighted by molar-refractivity contribution is 0.241. The largest absolute Gasteiger partial charge is 0.332 e. The number of nitrogens with zero attached hydrogens (tertiary/aromatic N) is 3. The van der Waals surface area contributed by atoms with Crippen molar-refractivity contribution in [3.8, 4) is 0 Å². The number of para-hydroxylation sites is 5. The van der Waals surface area contributed by atoms with E-state index in [0.29, 0.717) is 5.92 Å². The first-order valence-electron chi connectivity index (χ1n) is 24.5. The van der Waals surface area contributed by atoms with E-state index in [1.54, 1.807) is 0 Å². The maximum absolute atomic E-state index is 2.69. The Bertz CT molecular complexity index is 3110. The van der Waals surface area contributed by atoms with Gasteiger partial charge in [-0.05, 0) is 137 Å². The molecule has 2 aliphatic heterocycles. The zero-order chi connectivity index (χ0) is 46.4. The highest BCUT2D eigenvalue weighted by molar-refractivity contribution is 8.37. The van der Waals surface area contributed by atoms with Crippen molar-refractivity contribution in [1.29, 1.82) is 0 Å². The molecule has 2 heterocycles. The lowest BCUT2D eigenvalue weighted by Gasteiger charge is -2.53. The van der Waals surface area contributed by atoms with E-state index in [0.717, 1.165) is 24.2 Å². The van der Waals surface area contributed by atoms with Gasteiger partial charge in [-0.2, -0.15) is 0 Å². The van der Waals surface area contributed by atoms with Crippen molar-refractivity contribution < 1.29 is 0 Å². The van der Waals surface area contributed by atoms with Gasteiger partial charge < -0.3 is 14.7 Å². The molecule has 0 atom stereocenters. The molecule has 2 bridgehead atoms. The van der Waals surface area contributed by atoms with E-state index in [4.69, 9.17) is 0 Å². The Balaban J connectivity index is 0.00000243. The van der Waals surface area contributed by atoms with Crippen LogP contribution in [-0.2, 0) is 0 Å². The Kier molecular flexibility index (Phi) is 11.0. The molecule has 5 heteroatoms. The van der Waals surface area contributed by atoms with Crippen LogP contribution in [0.3, 0.4) is 0 Å². The molecule has 1 fully saturated rings. The molecule has 334 valence electrons. The van der Waals surface area contributed by atoms with E-state index in [-0.39, 0.29) is 12.3 Å². The summed E-state index contributed by atoms with van der Waals surface area (Å²) in [5, 5.41) is 0. The predicted octanol–water partition coefficient (Wildman–Crippen LogP) is 15.5. The van der Waals surface area contributed by atoms with Crippen molar-refractivity contribution in [2.45, 2.75) is 46.9 Å². The zero-order valence-electron chi connectivity index (χ0n) is 39.1. The summed E-state index contributed by atoms with van der Waals surface area (Å²) in [5.74, 6) is 0.389. The standard InChI is InChI=1S/C62H48BN3S.C2H6/c1-7-23-47(24-8-1)64-57-37-21-19-35-55(57)63-56-36-20-22-38-58(56)65(48-25-9-2-10-26-48)60-43-50(42-59(64)61(60)63)66(49-27-11-3-12-28-49)62-40-39-54(41-46(44-62)45-62)67(51-29-13-4-14-30-51,52-31-15-5-16-32-52)53-33-17-6-18-34-53;1-2/h1-43,46H,44-45H2;1-2H3. The zero-order valence-corrected chi connectivity index (χ0v) is 40.0. The molecule has 0 unspecified atom stereocenters. The van der Waals surface area contributed by atoms with Crippen molar-refractivity contribution in [3.63, 3.8) is 0 Å². The third-order valence-corrected chi connectivity index (χ3v) is 18.4. The molecule has 14 rings (SSSR count). The van der Waals surface area contributed by atoms with Gasteiger partial charge in [-0.25, -0.2) is 0 Å². The fraction of sp³-hybridized carbons (Fsp3) is 0.0938. The van der Waals surface area contributed by atoms with E-state index < -0.39 is 10.0 Å². The van der Waals surface area contributed by atoms with E-state index in [2.05, 4.69) is 276 Å². The van der Waals surface area contributed by atoms with Crippen LogP contribution in [0.4, 0.5) is 45.5 Å². The number of anilines is 8. The molecule has 69 heavy (non-hydrogen) atoms. The molecule has 9 aromatic carbocycles. The second kappa shape index (κ2) is 17.7. The number of hydrogen-bond donors (Lipinski definition) is 0. The Hall–Kier alpha value is -7.73. The number of allylic oxidation sites excluding steroid dienone is 2. The van der Waals surface area contributed by atoms with Crippen LogP contribution in [0, 0.1) is 5.92 Å². The monoisotopic (exact) mass is 907 g/mol. The Morgan fingerprint density at radius 1 is 0.449 bits per heavy atom. The van der Waals surface area contributed by atoms with Crippen LogP contribution >= 0.6 is 10.0 Å². The van der Waals surface area contributed by atoms with Gasteiger partial charge in [-0.3, -0.25) is 0 Å². The van der Waals surface area contributed by atoms with Gasteiger partial charge in [-0.15, -0.1) is 10.0 Å². The summed E-state index contributed by atoms with van der Waals surface area (Å²) in [6.45, 7) is 4.05. The number of benzene rings is 9. The van der Waals surface area contributed by atoms with Crippen LogP contribution < -0.4 is 31.1 Å². The smallest absolute Gasteiger partial charge is 0.252 e. The minimum atomic E-state index is -1.86. The van der Waals surface area contributed by atoms with Crippen LogP contribution in [0.15, 0.2) is 280 Å². The Labute approximate surface area is 409 Å². The number of fused-ring (bicyclic) bond motifs is 5. The summed E-state index contributed by atoms with van der Waals surface area (Å²) in [6.07, 6.45) is 9.77. The molecule has 1 saturated carbocycles. The third kappa shape index (κ3) is 6.90. The van der Waals surface area contributed by atoms with Crippen LogP contribution in [-0.4, -0.2) is 12.3 Å². The maximum Gasteiger partial charge on any atom is 0.252 e. The minimum absolute atomic E-state index is 0.0531. The highest BCUT2D eigenvalue weighted by Gasteiger charge is 2.51. The van der Waals surface area contributed by atoms with Crippen molar-refractivity contribution in [2.24, 2.45) is 5.92 Å². The molecule has 5 aliphatic rings. The SMILES string of the molecule is C1=CC2(N(c3ccccc3)c3cc4c5c(c3)N(c3ccccc3)c3ccccc3B5c3ccccc3N4c3ccccc3)CC(C=C1S(c1ccccc1)(c1ccccc1)c1ccccc1)C2.CC. The second-order valence-electron chi connectivity index (χ2n) is 18.2. The van der Waals surface area contributed by atoms with E-state index in [9.17, 15) is 0 Å². The quantitative estimate of drug-likeness (QED) is 0.134. The van der Waals surface area contributed by atoms with Crippen LogP contribution in [0.1, 0.15) is 26.7 Å². The summed E-state index contributed by atoms with van der Waals surface area (Å²) < 4.78 is 0. The molecule has 0 radical (unpaired) electrons. The molecular weight excluding hydrogens is 854 g/mol. The van der Waals surface area contributed by atoms with Gasteiger partial charge in [0.25, 0.3) is 6.71 Å². The van der Waals surface area contributed by atoms with E-state index in [1.807, 2.05) is 13.8 Å². The summed E-state index contributed by atoms with van der Waals surface area (Å²) in [7, 11) is -1.86. The first-order valence-corrected chi connectivity index (χ1v) is 26.2. The van der Waals surface area contributed by atoms with Crippen molar-refractivity contribution in [1.82, 2.24) is 0 Å². The van der Waals surface area contributed by atoms with E-state index in [1.165, 1.54) is 70.1 Å². The van der Waals surface area contributed by atoms with Crippen molar-refractivity contribution in [2.75, 3.05) is 14.7 Å². The van der Waals surface area contributed by atoms with Gasteiger partial charge in [0.2, 0.25) is 0 Å². The third-order valence-electron chi connectivity index (χ3n) is 14.4. The predicted molar refractivity (Wildman–Crippen MR) is 295 cm³/mol. The highest BCUT2D eigenvalue weighted by Crippen LogP contribution is 2.75. The van der Waals surface area contributed by atoms with Gasteiger partial charge in [0.1, 0.15) is 0 Å². The summed E-state index contributed by atoms with van der Waals surface area (Å²) in [5.41, 5.74) is 13.2. The average Bonchev–Trinajstić information content (AvgIpc) is 3.72. The lowest BCUT2D eigenvalue weighted by atomic mass is 9.33. The number of rotatable bonds is 9. The van der Waals surface area contributed by atoms with Gasteiger partial charge >= 0.3 is 0 Å². The van der Waals surface area contributed by atoms with Crippen LogP contribution in [0.2, 0.25) is 0 Å². The molecule has 0 spiro atoms.